The first-order valence-corrected chi connectivity index (χ1v) is 4.06. The lowest BCUT2D eigenvalue weighted by atomic mass is 10.1. The molecule has 1 aromatic rings. The maximum atomic E-state index is 5.53. The fraction of sp³-hybridized carbons (Fsp3) is 0.300. The summed E-state index contributed by atoms with van der Waals surface area (Å²) in [6, 6.07) is 8.10. The summed E-state index contributed by atoms with van der Waals surface area (Å²) >= 11 is 4.78. The zero-order valence-electron chi connectivity index (χ0n) is 6.29. The molecule has 0 unspecified atom stereocenters. The van der Waals surface area contributed by atoms with Crippen molar-refractivity contribution < 1.29 is 0 Å². The van der Waals surface area contributed by atoms with Crippen molar-refractivity contribution in [2.24, 2.45) is 5.73 Å². The Balaban J connectivity index is 0.00000121. The van der Waals surface area contributed by atoms with Crippen LogP contribution in [0, 0.1) is 0 Å². The quantitative estimate of drug-likeness (QED) is 0.724. The van der Waals surface area contributed by atoms with Gasteiger partial charge in [-0.3, -0.25) is 0 Å². The van der Waals surface area contributed by atoms with E-state index in [1.54, 1.807) is 5.37 Å². The van der Waals surface area contributed by atoms with Crippen LogP contribution < -0.4 is 5.73 Å². The third-order valence-corrected chi connectivity index (χ3v) is 1.81. The van der Waals surface area contributed by atoms with Gasteiger partial charge >= 0.3 is 0 Å². The van der Waals surface area contributed by atoms with Gasteiger partial charge in [0.15, 0.2) is 0 Å². The fourth-order valence-corrected chi connectivity index (χ4v) is 1.23. The van der Waals surface area contributed by atoms with Gasteiger partial charge < -0.3 is 5.73 Å². The van der Waals surface area contributed by atoms with Crippen LogP contribution >= 0.6 is 12.2 Å². The minimum atomic E-state index is 0. The highest BCUT2D eigenvalue weighted by molar-refractivity contribution is 7.78. The molecule has 2 N–H and O–H groups in total. The molecule has 2 heteroatoms. The van der Waals surface area contributed by atoms with Crippen LogP contribution in [0.3, 0.4) is 0 Å². The lowest BCUT2D eigenvalue weighted by Gasteiger charge is -2.02. The first kappa shape index (κ1) is 11.3. The summed E-state index contributed by atoms with van der Waals surface area (Å²) in [7, 11) is 0. The number of hydrogen-bond acceptors (Lipinski definition) is 2. The van der Waals surface area contributed by atoms with Crippen molar-refractivity contribution in [2.45, 2.75) is 20.4 Å². The molecule has 0 atom stereocenters. The number of benzene rings is 1. The number of hydrogen-bond donors (Lipinski definition) is 1. The van der Waals surface area contributed by atoms with Gasteiger partial charge in [0.2, 0.25) is 0 Å². The smallest absolute Gasteiger partial charge is 0.0180 e. The zero-order valence-corrected chi connectivity index (χ0v) is 7.10. The second-order valence-electron chi connectivity index (χ2n) is 2.34. The molecule has 0 aliphatic heterocycles. The third kappa shape index (κ3) is 2.72. The maximum Gasteiger partial charge on any atom is 0.0180 e. The van der Waals surface area contributed by atoms with Crippen molar-refractivity contribution in [1.82, 2.24) is 0 Å². The highest BCUT2D eigenvalue weighted by Crippen LogP contribution is 2.07. The Bertz CT molecular complexity index is 245. The van der Waals surface area contributed by atoms with E-state index in [9.17, 15) is 0 Å². The third-order valence-electron chi connectivity index (χ3n) is 1.64. The van der Waals surface area contributed by atoms with Gasteiger partial charge in [-0.2, -0.15) is 0 Å². The highest BCUT2D eigenvalue weighted by atomic mass is 32.1. The van der Waals surface area contributed by atoms with Gasteiger partial charge in [-0.05, 0) is 16.5 Å². The predicted octanol–water partition coefficient (Wildman–Crippen LogP) is 2.32. The normalized spacial score (nSPS) is 8.75. The Morgan fingerprint density at radius 2 is 1.83 bits per heavy atom. The van der Waals surface area contributed by atoms with Gasteiger partial charge in [0.1, 0.15) is 0 Å². The van der Waals surface area contributed by atoms with Gasteiger partial charge in [0.05, 0.1) is 0 Å². The molecule has 66 valence electrons. The van der Waals surface area contributed by atoms with E-state index in [-0.39, 0.29) is 7.43 Å². The minimum absolute atomic E-state index is 0. The Morgan fingerprint density at radius 3 is 2.33 bits per heavy atom. The van der Waals surface area contributed by atoms with Crippen molar-refractivity contribution in [1.29, 1.82) is 0 Å². The van der Waals surface area contributed by atoms with Crippen LogP contribution in [0.1, 0.15) is 18.6 Å². The van der Waals surface area contributed by atoms with Gasteiger partial charge in [0.25, 0.3) is 0 Å². The van der Waals surface area contributed by atoms with E-state index in [1.165, 1.54) is 11.1 Å². The van der Waals surface area contributed by atoms with Gasteiger partial charge in [0, 0.05) is 13.0 Å². The average molecular weight is 181 g/mol. The molecule has 12 heavy (non-hydrogen) atoms. The second kappa shape index (κ2) is 5.86. The standard InChI is InChI=1S/C9H11NS.CH4/c10-7-9-4-2-1-3-8(9)5-6-11;/h1-4,6H,5,7,10H2;1H4. The molecule has 0 aliphatic rings. The number of nitrogens with two attached hydrogens (primary N) is 1. The van der Waals surface area contributed by atoms with Crippen LogP contribution in [0.4, 0.5) is 0 Å². The lowest BCUT2D eigenvalue weighted by molar-refractivity contribution is 1.04. The minimum Gasteiger partial charge on any atom is -0.326 e. The monoisotopic (exact) mass is 181 g/mol. The molecule has 0 radical (unpaired) electrons. The predicted molar refractivity (Wildman–Crippen MR) is 58.4 cm³/mol. The Kier molecular flexibility index (Phi) is 5.51. The van der Waals surface area contributed by atoms with Crippen LogP contribution in [0.2, 0.25) is 0 Å². The molecule has 0 aliphatic carbocycles. The van der Waals surface area contributed by atoms with Crippen molar-refractivity contribution >= 4 is 17.6 Å². The zero-order chi connectivity index (χ0) is 8.10. The van der Waals surface area contributed by atoms with E-state index in [2.05, 4.69) is 6.07 Å². The van der Waals surface area contributed by atoms with Crippen LogP contribution in [0.25, 0.3) is 0 Å². The van der Waals surface area contributed by atoms with Gasteiger partial charge in [-0.1, -0.05) is 43.9 Å². The molecule has 1 rings (SSSR count). The van der Waals surface area contributed by atoms with E-state index in [0.717, 1.165) is 6.42 Å². The maximum absolute atomic E-state index is 5.53. The first-order valence-electron chi connectivity index (χ1n) is 3.59. The number of thiocarbonyl (C=S) groups is 1. The molecule has 0 aromatic heterocycles. The summed E-state index contributed by atoms with van der Waals surface area (Å²) < 4.78 is 0. The van der Waals surface area contributed by atoms with Crippen molar-refractivity contribution in [3.8, 4) is 0 Å². The van der Waals surface area contributed by atoms with Crippen LogP contribution in [0.5, 0.6) is 0 Å². The molecule has 0 spiro atoms. The average Bonchev–Trinajstić information content (AvgIpc) is 2.06. The van der Waals surface area contributed by atoms with Gasteiger partial charge in [-0.15, -0.1) is 0 Å². The lowest BCUT2D eigenvalue weighted by Crippen LogP contribution is -2.01. The summed E-state index contributed by atoms with van der Waals surface area (Å²) in [4.78, 5) is 0. The highest BCUT2D eigenvalue weighted by Gasteiger charge is 1.95. The van der Waals surface area contributed by atoms with Crippen LogP contribution in [0.15, 0.2) is 24.3 Å². The van der Waals surface area contributed by atoms with Crippen LogP contribution in [-0.2, 0) is 13.0 Å². The van der Waals surface area contributed by atoms with E-state index < -0.39 is 0 Å². The molecule has 0 amide bonds. The van der Waals surface area contributed by atoms with Crippen molar-refractivity contribution in [2.75, 3.05) is 0 Å². The summed E-state index contributed by atoms with van der Waals surface area (Å²) in [6.07, 6.45) is 0.836. The second-order valence-corrected chi connectivity index (χ2v) is 2.68. The first-order chi connectivity index (χ1) is 5.38. The Morgan fingerprint density at radius 1 is 1.25 bits per heavy atom. The molecule has 1 aromatic carbocycles. The number of rotatable bonds is 3. The Hall–Kier alpha value is -0.730. The summed E-state index contributed by atoms with van der Waals surface area (Å²) in [6.45, 7) is 0.597. The van der Waals surface area contributed by atoms with E-state index >= 15 is 0 Å². The topological polar surface area (TPSA) is 26.0 Å². The van der Waals surface area contributed by atoms with E-state index in [0.29, 0.717) is 6.54 Å². The molecule has 0 saturated carbocycles. The largest absolute Gasteiger partial charge is 0.326 e. The summed E-state index contributed by atoms with van der Waals surface area (Å²) in [5.74, 6) is 0. The van der Waals surface area contributed by atoms with E-state index in [4.69, 9.17) is 18.0 Å². The molecule has 0 saturated heterocycles. The molecule has 0 fully saturated rings. The molecular formula is C10H15NS. The SMILES string of the molecule is C.NCc1ccccc1CC=S. The molecule has 0 bridgehead atoms. The van der Waals surface area contributed by atoms with Gasteiger partial charge in [-0.25, -0.2) is 0 Å². The van der Waals surface area contributed by atoms with Crippen molar-refractivity contribution in [3.63, 3.8) is 0 Å². The fourth-order valence-electron chi connectivity index (χ4n) is 1.05. The Labute approximate surface area is 79.6 Å². The van der Waals surface area contributed by atoms with Crippen LogP contribution in [-0.4, -0.2) is 5.37 Å². The molecular weight excluding hydrogens is 166 g/mol. The van der Waals surface area contributed by atoms with Crippen molar-refractivity contribution in [3.05, 3.63) is 35.4 Å². The van der Waals surface area contributed by atoms with E-state index in [1.807, 2.05) is 18.2 Å². The summed E-state index contributed by atoms with van der Waals surface area (Å²) in [5.41, 5.74) is 7.96. The molecule has 0 heterocycles. The molecule has 1 nitrogen and oxygen atoms in total. The summed E-state index contributed by atoms with van der Waals surface area (Å²) in [5, 5.41) is 1.73.